The largest absolute Gasteiger partial charge is 1.00 e. The Labute approximate surface area is 176 Å². The Balaban J connectivity index is 0.00000210. The smallest absolute Gasteiger partial charge is 0.271 e. The van der Waals surface area contributed by atoms with E-state index in [1.54, 1.807) is 23.1 Å². The molecule has 0 aliphatic carbocycles. The molecule has 0 atom stereocenters. The van der Waals surface area contributed by atoms with E-state index in [-0.39, 0.29) is 22.5 Å². The van der Waals surface area contributed by atoms with Gasteiger partial charge < -0.3 is 21.9 Å². The molecule has 0 radical (unpaired) electrons. The van der Waals surface area contributed by atoms with Crippen molar-refractivity contribution in [3.63, 3.8) is 0 Å². The van der Waals surface area contributed by atoms with Crippen molar-refractivity contribution in [1.82, 2.24) is 4.57 Å². The second-order valence-electron chi connectivity index (χ2n) is 6.13. The van der Waals surface area contributed by atoms with Crippen molar-refractivity contribution >= 4 is 39.9 Å². The molecule has 0 amide bonds. The Kier molecular flexibility index (Phi) is 5.93. The molecule has 0 fully saturated rings. The standard InChI is InChI=1S/C20H20N3OS2.BrH/c1-4-23-17(13-14-9-7-8-12-21(14)2)26-18(19(23)24)20-22(3)15-10-5-6-11-16(15)25-20;/h5-13H,4H2,1-3H3;1H/q+1;/p-1/b20-18+;. The van der Waals surface area contributed by atoms with Gasteiger partial charge in [0.2, 0.25) is 5.69 Å². The molecule has 27 heavy (non-hydrogen) atoms. The van der Waals surface area contributed by atoms with E-state index in [2.05, 4.69) is 33.7 Å². The zero-order chi connectivity index (χ0) is 18.3. The molecular weight excluding hydrogens is 442 g/mol. The van der Waals surface area contributed by atoms with Crippen LogP contribution in [0.2, 0.25) is 0 Å². The van der Waals surface area contributed by atoms with Crippen molar-refractivity contribution in [3.05, 3.63) is 73.9 Å². The van der Waals surface area contributed by atoms with E-state index in [1.807, 2.05) is 56.0 Å². The molecule has 0 bridgehead atoms. The third-order valence-corrected chi connectivity index (χ3v) is 7.01. The highest BCUT2D eigenvalue weighted by Crippen LogP contribution is 2.44. The van der Waals surface area contributed by atoms with Gasteiger partial charge in [-0.2, -0.15) is 0 Å². The van der Waals surface area contributed by atoms with Gasteiger partial charge in [-0.05, 0) is 25.1 Å². The molecule has 1 aliphatic heterocycles. The fourth-order valence-electron chi connectivity index (χ4n) is 3.08. The van der Waals surface area contributed by atoms with Gasteiger partial charge in [-0.15, -0.1) is 11.3 Å². The molecule has 1 aromatic carbocycles. The third kappa shape index (κ3) is 3.51. The third-order valence-electron chi connectivity index (χ3n) is 4.53. The second kappa shape index (κ2) is 8.04. The van der Waals surface area contributed by atoms with Crippen LogP contribution in [-0.4, -0.2) is 11.6 Å². The number of pyridine rings is 1. The first-order valence-electron chi connectivity index (χ1n) is 8.51. The highest BCUT2D eigenvalue weighted by Gasteiger charge is 2.24. The topological polar surface area (TPSA) is 29.1 Å². The van der Waals surface area contributed by atoms with E-state index >= 15 is 0 Å². The molecule has 140 valence electrons. The molecule has 3 aromatic rings. The van der Waals surface area contributed by atoms with Gasteiger partial charge in [0.15, 0.2) is 6.20 Å². The van der Waals surface area contributed by atoms with Gasteiger partial charge in [0.05, 0.1) is 5.69 Å². The molecule has 3 heterocycles. The molecular formula is C20H20BrN3OS2. The molecule has 0 N–H and O–H groups in total. The lowest BCUT2D eigenvalue weighted by atomic mass is 10.3. The summed E-state index contributed by atoms with van der Waals surface area (Å²) in [5.41, 5.74) is 2.32. The van der Waals surface area contributed by atoms with Crippen LogP contribution in [0.5, 0.6) is 0 Å². The number of anilines is 1. The van der Waals surface area contributed by atoms with Gasteiger partial charge in [0.1, 0.15) is 21.3 Å². The molecule has 4 nitrogen and oxygen atoms in total. The summed E-state index contributed by atoms with van der Waals surface area (Å²) in [7, 11) is 4.05. The van der Waals surface area contributed by atoms with E-state index in [0.29, 0.717) is 6.54 Å². The predicted molar refractivity (Wildman–Crippen MR) is 109 cm³/mol. The zero-order valence-corrected chi connectivity index (χ0v) is 18.6. The molecule has 0 saturated heterocycles. The van der Waals surface area contributed by atoms with Crippen molar-refractivity contribution in [3.8, 4) is 0 Å². The summed E-state index contributed by atoms with van der Waals surface area (Å²) >= 11 is 3.24. The van der Waals surface area contributed by atoms with Gasteiger partial charge in [-0.3, -0.25) is 9.36 Å². The second-order valence-corrected chi connectivity index (χ2v) is 8.19. The van der Waals surface area contributed by atoms with Crippen LogP contribution in [0.25, 0.3) is 11.1 Å². The average Bonchev–Trinajstić information content (AvgIpc) is 3.14. The Morgan fingerprint density at radius 3 is 2.59 bits per heavy atom. The first-order valence-corrected chi connectivity index (χ1v) is 10.1. The SMILES string of the molecule is CCn1c(=O)/c(=C2\Sc3ccccc3N2C)s/c1=C\c1cccc[n+]1C.[Br-]. The molecule has 2 aromatic heterocycles. The Bertz CT molecular complexity index is 1170. The van der Waals surface area contributed by atoms with E-state index in [4.69, 9.17) is 0 Å². The molecule has 4 rings (SSSR count). The van der Waals surface area contributed by atoms with Crippen molar-refractivity contribution in [1.29, 1.82) is 0 Å². The number of aryl methyl sites for hydroxylation is 1. The minimum absolute atomic E-state index is 0. The van der Waals surface area contributed by atoms with E-state index in [9.17, 15) is 4.79 Å². The highest BCUT2D eigenvalue weighted by atomic mass is 79.9. The summed E-state index contributed by atoms with van der Waals surface area (Å²) < 4.78 is 5.70. The molecule has 7 heteroatoms. The number of thiazole rings is 1. The first-order chi connectivity index (χ1) is 12.6. The number of hydrogen-bond donors (Lipinski definition) is 0. The Morgan fingerprint density at radius 1 is 1.15 bits per heavy atom. The van der Waals surface area contributed by atoms with Gasteiger partial charge >= 0.3 is 0 Å². The molecule has 1 aliphatic rings. The summed E-state index contributed by atoms with van der Waals surface area (Å²) in [5.74, 6) is 0. The first kappa shape index (κ1) is 19.9. The quantitative estimate of drug-likeness (QED) is 0.453. The Hall–Kier alpha value is -1.83. The number of rotatable bonds is 2. The maximum Gasteiger partial charge on any atom is 0.271 e. The summed E-state index contributed by atoms with van der Waals surface area (Å²) in [6.07, 6.45) is 4.10. The summed E-state index contributed by atoms with van der Waals surface area (Å²) in [6, 6.07) is 14.3. The number of halogens is 1. The van der Waals surface area contributed by atoms with E-state index in [0.717, 1.165) is 25.6 Å². The van der Waals surface area contributed by atoms with Crippen LogP contribution in [0.4, 0.5) is 5.69 Å². The van der Waals surface area contributed by atoms with Gasteiger partial charge in [-0.1, -0.05) is 23.9 Å². The van der Waals surface area contributed by atoms with Crippen LogP contribution in [0, 0.1) is 0 Å². The summed E-state index contributed by atoms with van der Waals surface area (Å²) in [6.45, 7) is 2.68. The van der Waals surface area contributed by atoms with Gasteiger partial charge in [0.25, 0.3) is 5.56 Å². The zero-order valence-electron chi connectivity index (χ0n) is 15.3. The van der Waals surface area contributed by atoms with Crippen LogP contribution < -0.4 is 41.2 Å². The van der Waals surface area contributed by atoms with Crippen LogP contribution in [-0.2, 0) is 13.6 Å². The maximum absolute atomic E-state index is 13.1. The number of thioether (sulfide) groups is 1. The minimum atomic E-state index is 0. The Morgan fingerprint density at radius 2 is 1.89 bits per heavy atom. The summed E-state index contributed by atoms with van der Waals surface area (Å²) in [4.78, 5) is 16.4. The number of fused-ring (bicyclic) bond motifs is 1. The number of benzene rings is 1. The van der Waals surface area contributed by atoms with Crippen molar-refractivity contribution < 1.29 is 21.5 Å². The molecule has 0 saturated carbocycles. The lowest BCUT2D eigenvalue weighted by Gasteiger charge is -2.11. The van der Waals surface area contributed by atoms with Crippen LogP contribution in [0.3, 0.4) is 0 Å². The van der Waals surface area contributed by atoms with Crippen LogP contribution >= 0.6 is 23.1 Å². The fourth-order valence-corrected chi connectivity index (χ4v) is 5.54. The van der Waals surface area contributed by atoms with Crippen molar-refractivity contribution in [2.75, 3.05) is 11.9 Å². The lowest BCUT2D eigenvalue weighted by Crippen LogP contribution is -3.00. The number of nitrogens with zero attached hydrogens (tertiary/aromatic N) is 3. The number of aromatic nitrogens is 2. The van der Waals surface area contributed by atoms with Gasteiger partial charge in [0, 0.05) is 36.7 Å². The number of hydrogen-bond acceptors (Lipinski definition) is 4. The average molecular weight is 462 g/mol. The maximum atomic E-state index is 13.1. The van der Waals surface area contributed by atoms with Crippen molar-refractivity contribution in [2.45, 2.75) is 18.4 Å². The molecule has 0 spiro atoms. The summed E-state index contributed by atoms with van der Waals surface area (Å²) in [5, 5.41) is 1.01. The van der Waals surface area contributed by atoms with Gasteiger partial charge in [-0.25, -0.2) is 4.57 Å². The van der Waals surface area contributed by atoms with E-state index < -0.39 is 0 Å². The molecule has 0 unspecified atom stereocenters. The highest BCUT2D eigenvalue weighted by molar-refractivity contribution is 8.08. The fraction of sp³-hybridized carbons (Fsp3) is 0.200. The lowest BCUT2D eigenvalue weighted by molar-refractivity contribution is -0.673. The van der Waals surface area contributed by atoms with Crippen LogP contribution in [0.1, 0.15) is 12.6 Å². The normalized spacial score (nSPS) is 15.7. The predicted octanol–water partition coefficient (Wildman–Crippen LogP) is -1.11. The minimum Gasteiger partial charge on any atom is -1.00 e. The van der Waals surface area contributed by atoms with Crippen molar-refractivity contribution in [2.24, 2.45) is 7.05 Å². The van der Waals surface area contributed by atoms with E-state index in [1.165, 1.54) is 4.90 Å². The monoisotopic (exact) mass is 461 g/mol. The van der Waals surface area contributed by atoms with Crippen LogP contribution in [0.15, 0.2) is 58.4 Å². The number of para-hydroxylation sites is 1.